The Balaban J connectivity index is 3.06. The highest BCUT2D eigenvalue weighted by molar-refractivity contribution is 5.98. The number of carbonyl (C=O) groups is 1. The topological polar surface area (TPSA) is 95.7 Å². The van der Waals surface area contributed by atoms with Gasteiger partial charge >= 0.3 is 5.97 Å². The van der Waals surface area contributed by atoms with Gasteiger partial charge < -0.3 is 0 Å². The molecule has 0 aliphatic rings. The second-order valence-corrected chi connectivity index (χ2v) is 3.77. The molecule has 20 heavy (non-hydrogen) atoms. The molecular weight excluding hydrogens is 266 g/mol. The van der Waals surface area contributed by atoms with Crippen LogP contribution in [-0.4, -0.2) is 30.0 Å². The van der Waals surface area contributed by atoms with Gasteiger partial charge in [0.1, 0.15) is 11.5 Å². The minimum atomic E-state index is -1.07. The lowest BCUT2D eigenvalue weighted by Gasteiger charge is -2.12. The van der Waals surface area contributed by atoms with E-state index in [1.807, 2.05) is 0 Å². The minimum Gasteiger partial charge on any atom is -0.292 e. The summed E-state index contributed by atoms with van der Waals surface area (Å²) in [4.78, 5) is 41.6. The first kappa shape index (κ1) is 15.6. The molecule has 1 aromatic rings. The summed E-state index contributed by atoms with van der Waals surface area (Å²) in [5, 5.41) is 10.7. The number of hydrogen-bond donors (Lipinski definition) is 0. The standard InChI is InChI=1S/C13H13NO6/c1-2-19-20-13(16)12(9-15)11(8-14(17)18)10-6-4-3-5-7-10/h3-7,11H,2,8H2,1H3. The molecule has 0 fully saturated rings. The van der Waals surface area contributed by atoms with Crippen molar-refractivity contribution in [2.24, 2.45) is 0 Å². The molecule has 0 radical (unpaired) electrons. The van der Waals surface area contributed by atoms with Crippen molar-refractivity contribution in [3.8, 4) is 0 Å². The molecular formula is C13H13NO6. The molecule has 0 saturated heterocycles. The van der Waals surface area contributed by atoms with Crippen molar-refractivity contribution in [2.45, 2.75) is 12.8 Å². The van der Waals surface area contributed by atoms with Gasteiger partial charge in [0, 0.05) is 4.92 Å². The van der Waals surface area contributed by atoms with Crippen LogP contribution >= 0.6 is 0 Å². The van der Waals surface area contributed by atoms with E-state index in [2.05, 4.69) is 9.78 Å². The molecule has 0 aromatic heterocycles. The second kappa shape index (κ2) is 7.83. The molecule has 1 aromatic carbocycles. The molecule has 0 spiro atoms. The van der Waals surface area contributed by atoms with Gasteiger partial charge in [0.05, 0.1) is 12.5 Å². The molecule has 0 saturated carbocycles. The molecule has 106 valence electrons. The van der Waals surface area contributed by atoms with Gasteiger partial charge in [-0.25, -0.2) is 9.59 Å². The average Bonchev–Trinajstić information content (AvgIpc) is 2.45. The molecule has 7 nitrogen and oxygen atoms in total. The SMILES string of the molecule is CCOOC(=O)C(=C=O)C(C[N+](=O)[O-])c1ccccc1. The highest BCUT2D eigenvalue weighted by Gasteiger charge is 2.30. The van der Waals surface area contributed by atoms with E-state index < -0.39 is 28.9 Å². The number of benzene rings is 1. The Bertz CT molecular complexity index is 521. The van der Waals surface area contributed by atoms with Crippen LogP contribution in [0.15, 0.2) is 35.9 Å². The first-order valence-electron chi connectivity index (χ1n) is 5.85. The highest BCUT2D eigenvalue weighted by Crippen LogP contribution is 2.24. The Morgan fingerprint density at radius 2 is 2.05 bits per heavy atom. The molecule has 1 atom stereocenters. The Labute approximate surface area is 114 Å². The lowest BCUT2D eigenvalue weighted by molar-refractivity contribution is -0.481. The van der Waals surface area contributed by atoms with Crippen LogP contribution in [0.2, 0.25) is 0 Å². The molecule has 1 unspecified atom stereocenters. The summed E-state index contributed by atoms with van der Waals surface area (Å²) in [6, 6.07) is 8.19. The van der Waals surface area contributed by atoms with Crippen molar-refractivity contribution in [3.05, 3.63) is 51.6 Å². The Kier molecular flexibility index (Phi) is 6.09. The summed E-state index contributed by atoms with van der Waals surface area (Å²) >= 11 is 0. The zero-order chi connectivity index (χ0) is 15.0. The first-order valence-corrected chi connectivity index (χ1v) is 5.85. The molecule has 0 amide bonds. The zero-order valence-electron chi connectivity index (χ0n) is 10.8. The van der Waals surface area contributed by atoms with E-state index in [-0.39, 0.29) is 6.61 Å². The van der Waals surface area contributed by atoms with Gasteiger partial charge in [-0.2, -0.15) is 4.89 Å². The third kappa shape index (κ3) is 4.31. The monoisotopic (exact) mass is 279 g/mol. The highest BCUT2D eigenvalue weighted by atomic mass is 17.2. The fourth-order valence-electron chi connectivity index (χ4n) is 1.61. The molecule has 0 N–H and O–H groups in total. The zero-order valence-corrected chi connectivity index (χ0v) is 10.8. The molecule has 1 rings (SSSR count). The van der Waals surface area contributed by atoms with E-state index in [0.717, 1.165) is 0 Å². The van der Waals surface area contributed by atoms with E-state index in [4.69, 9.17) is 0 Å². The summed E-state index contributed by atoms with van der Waals surface area (Å²) in [5.41, 5.74) is -0.0163. The Hall–Kier alpha value is -2.50. The molecule has 0 heterocycles. The number of nitrogens with zero attached hydrogens (tertiary/aromatic N) is 1. The maximum atomic E-state index is 11.7. The quantitative estimate of drug-likeness (QED) is 0.245. The van der Waals surface area contributed by atoms with Gasteiger partial charge in [-0.3, -0.25) is 15.0 Å². The molecule has 0 bridgehead atoms. The van der Waals surface area contributed by atoms with Crippen LogP contribution in [0.1, 0.15) is 18.4 Å². The van der Waals surface area contributed by atoms with E-state index in [9.17, 15) is 19.7 Å². The lowest BCUT2D eigenvalue weighted by atomic mass is 9.92. The summed E-state index contributed by atoms with van der Waals surface area (Å²) in [6.07, 6.45) is 0. The summed E-state index contributed by atoms with van der Waals surface area (Å²) in [7, 11) is 0. The minimum absolute atomic E-state index is 0.100. The van der Waals surface area contributed by atoms with Gasteiger partial charge in [0.25, 0.3) is 0 Å². The summed E-state index contributed by atoms with van der Waals surface area (Å²) in [5.74, 6) is -0.680. The van der Waals surface area contributed by atoms with Gasteiger partial charge in [0.15, 0.2) is 0 Å². The van der Waals surface area contributed by atoms with Crippen LogP contribution in [0.3, 0.4) is 0 Å². The van der Waals surface area contributed by atoms with Crippen molar-refractivity contribution >= 4 is 11.9 Å². The van der Waals surface area contributed by atoms with Crippen LogP contribution in [-0.2, 0) is 19.4 Å². The van der Waals surface area contributed by atoms with Gasteiger partial charge in [-0.1, -0.05) is 30.3 Å². The van der Waals surface area contributed by atoms with Crippen molar-refractivity contribution in [3.63, 3.8) is 0 Å². The van der Waals surface area contributed by atoms with Crippen LogP contribution in [0, 0.1) is 10.1 Å². The number of carbonyl (C=O) groups excluding carboxylic acids is 2. The third-order valence-corrected chi connectivity index (χ3v) is 2.46. The Morgan fingerprint density at radius 1 is 1.40 bits per heavy atom. The first-order chi connectivity index (χ1) is 9.60. The normalized spacial score (nSPS) is 11.2. The molecule has 7 heteroatoms. The van der Waals surface area contributed by atoms with E-state index in [1.54, 1.807) is 37.3 Å². The van der Waals surface area contributed by atoms with Crippen molar-refractivity contribution in [1.29, 1.82) is 0 Å². The van der Waals surface area contributed by atoms with Crippen molar-refractivity contribution < 1.29 is 24.3 Å². The van der Waals surface area contributed by atoms with E-state index >= 15 is 0 Å². The van der Waals surface area contributed by atoms with Crippen LogP contribution in [0.4, 0.5) is 0 Å². The fraction of sp³-hybridized carbons (Fsp3) is 0.308. The number of rotatable bonds is 7. The van der Waals surface area contributed by atoms with Crippen LogP contribution < -0.4 is 0 Å². The molecule has 0 aliphatic heterocycles. The summed E-state index contributed by atoms with van der Waals surface area (Å²) in [6.45, 7) is 1.07. The van der Waals surface area contributed by atoms with Gasteiger partial charge in [-0.15, -0.1) is 0 Å². The Morgan fingerprint density at radius 3 is 2.55 bits per heavy atom. The van der Waals surface area contributed by atoms with Gasteiger partial charge in [0.2, 0.25) is 6.54 Å². The predicted molar refractivity (Wildman–Crippen MR) is 68.0 cm³/mol. The summed E-state index contributed by atoms with van der Waals surface area (Å²) < 4.78 is 0. The smallest absolute Gasteiger partial charge is 0.292 e. The molecule has 0 aliphatic carbocycles. The van der Waals surface area contributed by atoms with Crippen molar-refractivity contribution in [2.75, 3.05) is 13.2 Å². The third-order valence-electron chi connectivity index (χ3n) is 2.46. The maximum Gasteiger partial charge on any atom is 0.380 e. The predicted octanol–water partition coefficient (Wildman–Crippen LogP) is 1.30. The lowest BCUT2D eigenvalue weighted by Crippen LogP contribution is -2.22. The second-order valence-electron chi connectivity index (χ2n) is 3.77. The maximum absolute atomic E-state index is 11.7. The van der Waals surface area contributed by atoms with Crippen LogP contribution in [0.25, 0.3) is 0 Å². The van der Waals surface area contributed by atoms with Crippen molar-refractivity contribution in [1.82, 2.24) is 0 Å². The fourth-order valence-corrected chi connectivity index (χ4v) is 1.61. The number of hydrogen-bond acceptors (Lipinski definition) is 6. The number of nitro groups is 1. The largest absolute Gasteiger partial charge is 0.380 e. The van der Waals surface area contributed by atoms with Crippen LogP contribution in [0.5, 0.6) is 0 Å². The average molecular weight is 279 g/mol. The van der Waals surface area contributed by atoms with E-state index in [1.165, 1.54) is 5.94 Å². The van der Waals surface area contributed by atoms with E-state index in [0.29, 0.717) is 5.56 Å². The van der Waals surface area contributed by atoms with Gasteiger partial charge in [-0.05, 0) is 12.5 Å².